The van der Waals surface area contributed by atoms with Crippen LogP contribution in [0.4, 0.5) is 4.39 Å². The lowest BCUT2D eigenvalue weighted by atomic mass is 10.0. The van der Waals surface area contributed by atoms with E-state index in [2.05, 4.69) is 22.6 Å². The van der Waals surface area contributed by atoms with Crippen LogP contribution in [0.1, 0.15) is 35.9 Å². The Morgan fingerprint density at radius 2 is 1.76 bits per heavy atom. The number of hydrogen-bond donors (Lipinski definition) is 1. The molecule has 1 N–H and O–H groups in total. The highest BCUT2D eigenvalue weighted by atomic mass is 19.1. The quantitative estimate of drug-likeness (QED) is 0.665. The van der Waals surface area contributed by atoms with E-state index in [1.54, 1.807) is 12.1 Å². The first kappa shape index (κ1) is 17.8. The molecule has 0 saturated carbocycles. The predicted octanol–water partition coefficient (Wildman–Crippen LogP) is 5.22. The number of para-hydroxylation sites is 1. The Labute approximate surface area is 169 Å². The minimum absolute atomic E-state index is 0.0107. The lowest BCUT2D eigenvalue weighted by molar-refractivity contribution is -0.0326. The number of rotatable bonds is 4. The summed E-state index contributed by atoms with van der Waals surface area (Å²) in [5, 5.41) is 2.07. The number of nitrogens with one attached hydrogen (secondary N) is 1. The summed E-state index contributed by atoms with van der Waals surface area (Å²) < 4.78 is 25.3. The highest BCUT2D eigenvalue weighted by Gasteiger charge is 2.39. The van der Waals surface area contributed by atoms with Crippen molar-refractivity contribution >= 4 is 5.70 Å². The second kappa shape index (κ2) is 7.26. The summed E-state index contributed by atoms with van der Waals surface area (Å²) in [5.74, 6) is 1.43. The smallest absolute Gasteiger partial charge is 0.195 e. The molecule has 2 atom stereocenters. The molecule has 5 rings (SSSR count). The molecular weight excluding hydrogens is 367 g/mol. The van der Waals surface area contributed by atoms with Crippen molar-refractivity contribution in [2.45, 2.75) is 19.2 Å². The highest BCUT2D eigenvalue weighted by molar-refractivity contribution is 5.68. The molecule has 0 aliphatic carbocycles. The summed E-state index contributed by atoms with van der Waals surface area (Å²) in [7, 11) is 0. The first-order valence-corrected chi connectivity index (χ1v) is 9.74. The van der Waals surface area contributed by atoms with Crippen LogP contribution in [0, 0.1) is 5.82 Å². The fraction of sp³-hybridized carbons (Fsp3) is 0.167. The van der Waals surface area contributed by atoms with E-state index >= 15 is 0 Å². The SMILES string of the molecule is CCOc1ccc(C2=C[C@@H]3c4ccccc4O[C@@H](c4ccc(F)cc4)N3N2)cc1. The van der Waals surface area contributed by atoms with Gasteiger partial charge in [0.2, 0.25) is 0 Å². The molecule has 0 saturated heterocycles. The van der Waals surface area contributed by atoms with Gasteiger partial charge in [0.25, 0.3) is 0 Å². The van der Waals surface area contributed by atoms with Crippen LogP contribution in [-0.4, -0.2) is 11.6 Å². The maximum absolute atomic E-state index is 13.4. The number of halogens is 1. The standard InChI is InChI=1S/C24H21FN2O2/c1-2-28-19-13-9-16(10-14-19)21-15-22-20-5-3-4-6-23(20)29-24(27(22)26-21)17-7-11-18(25)12-8-17/h3-15,22,24,26H,2H2,1H3/t22-,24+/m1/s1. The molecule has 5 heteroatoms. The molecule has 2 heterocycles. The van der Waals surface area contributed by atoms with Gasteiger partial charge in [0, 0.05) is 11.1 Å². The van der Waals surface area contributed by atoms with Crippen LogP contribution in [0.5, 0.6) is 11.5 Å². The Bertz CT molecular complexity index is 1050. The monoisotopic (exact) mass is 388 g/mol. The van der Waals surface area contributed by atoms with Gasteiger partial charge in [-0.15, -0.1) is 0 Å². The zero-order chi connectivity index (χ0) is 19.8. The van der Waals surface area contributed by atoms with E-state index in [9.17, 15) is 4.39 Å². The number of ether oxygens (including phenoxy) is 2. The van der Waals surface area contributed by atoms with Gasteiger partial charge < -0.3 is 14.9 Å². The fourth-order valence-electron chi connectivity index (χ4n) is 3.85. The third kappa shape index (κ3) is 3.23. The Morgan fingerprint density at radius 3 is 2.52 bits per heavy atom. The highest BCUT2D eigenvalue weighted by Crippen LogP contribution is 2.45. The van der Waals surface area contributed by atoms with Gasteiger partial charge in [-0.2, -0.15) is 5.01 Å². The molecule has 2 aliphatic heterocycles. The number of hydrazine groups is 1. The number of benzene rings is 3. The van der Waals surface area contributed by atoms with Crippen molar-refractivity contribution in [3.63, 3.8) is 0 Å². The predicted molar refractivity (Wildman–Crippen MR) is 110 cm³/mol. The van der Waals surface area contributed by atoms with E-state index in [0.29, 0.717) is 6.61 Å². The molecule has 0 radical (unpaired) electrons. The summed E-state index contributed by atoms with van der Waals surface area (Å²) in [4.78, 5) is 0. The third-order valence-corrected chi connectivity index (χ3v) is 5.23. The Balaban J connectivity index is 1.51. The maximum Gasteiger partial charge on any atom is 0.195 e. The van der Waals surface area contributed by atoms with Gasteiger partial charge in [0.15, 0.2) is 6.23 Å². The van der Waals surface area contributed by atoms with Gasteiger partial charge in [-0.05, 0) is 61.0 Å². The molecule has 3 aromatic rings. The first-order chi connectivity index (χ1) is 14.2. The van der Waals surface area contributed by atoms with Gasteiger partial charge in [-0.1, -0.05) is 30.3 Å². The van der Waals surface area contributed by atoms with E-state index < -0.39 is 0 Å². The van der Waals surface area contributed by atoms with E-state index in [1.807, 2.05) is 49.4 Å². The van der Waals surface area contributed by atoms with Crippen LogP contribution >= 0.6 is 0 Å². The van der Waals surface area contributed by atoms with Crippen molar-refractivity contribution in [2.24, 2.45) is 0 Å². The molecule has 4 nitrogen and oxygen atoms in total. The van der Waals surface area contributed by atoms with Gasteiger partial charge in [-0.25, -0.2) is 4.39 Å². The van der Waals surface area contributed by atoms with Gasteiger partial charge in [0.1, 0.15) is 17.3 Å². The second-order valence-corrected chi connectivity index (χ2v) is 7.06. The molecule has 0 amide bonds. The minimum Gasteiger partial charge on any atom is -0.494 e. The molecule has 0 bridgehead atoms. The van der Waals surface area contributed by atoms with Crippen LogP contribution < -0.4 is 14.9 Å². The zero-order valence-corrected chi connectivity index (χ0v) is 16.0. The van der Waals surface area contributed by atoms with Crippen molar-refractivity contribution in [2.75, 3.05) is 6.61 Å². The summed E-state index contributed by atoms with van der Waals surface area (Å²) >= 11 is 0. The summed E-state index contributed by atoms with van der Waals surface area (Å²) in [5.41, 5.74) is 7.56. The van der Waals surface area contributed by atoms with Crippen molar-refractivity contribution in [3.05, 3.63) is 101 Å². The summed E-state index contributed by atoms with van der Waals surface area (Å²) in [6.07, 6.45) is 1.83. The Hall–Kier alpha value is -3.31. The average Bonchev–Trinajstić information content (AvgIpc) is 3.20. The Morgan fingerprint density at radius 1 is 1.00 bits per heavy atom. The molecule has 0 fully saturated rings. The lowest BCUT2D eigenvalue weighted by Crippen LogP contribution is -2.43. The van der Waals surface area contributed by atoms with Crippen molar-refractivity contribution in [3.8, 4) is 11.5 Å². The van der Waals surface area contributed by atoms with E-state index in [1.165, 1.54) is 12.1 Å². The number of fused-ring (bicyclic) bond motifs is 3. The molecular formula is C24H21FN2O2. The molecule has 2 aliphatic rings. The van der Waals surface area contributed by atoms with Crippen LogP contribution in [-0.2, 0) is 0 Å². The first-order valence-electron chi connectivity index (χ1n) is 9.74. The largest absolute Gasteiger partial charge is 0.494 e. The summed E-state index contributed by atoms with van der Waals surface area (Å²) in [6, 6.07) is 22.5. The van der Waals surface area contributed by atoms with Crippen molar-refractivity contribution in [1.82, 2.24) is 10.4 Å². The van der Waals surface area contributed by atoms with Crippen LogP contribution in [0.3, 0.4) is 0 Å². The average molecular weight is 388 g/mol. The number of hydrogen-bond acceptors (Lipinski definition) is 4. The molecule has 29 heavy (non-hydrogen) atoms. The number of nitrogens with zero attached hydrogens (tertiary/aromatic N) is 1. The summed E-state index contributed by atoms with van der Waals surface area (Å²) in [6.45, 7) is 2.61. The lowest BCUT2D eigenvalue weighted by Gasteiger charge is -2.38. The third-order valence-electron chi connectivity index (χ3n) is 5.23. The molecule has 0 spiro atoms. The van der Waals surface area contributed by atoms with Crippen molar-refractivity contribution in [1.29, 1.82) is 0 Å². The molecule has 0 aromatic heterocycles. The van der Waals surface area contributed by atoms with Crippen LogP contribution in [0.2, 0.25) is 0 Å². The Kier molecular flexibility index (Phi) is 4.45. The second-order valence-electron chi connectivity index (χ2n) is 7.06. The minimum atomic E-state index is -0.369. The van der Waals surface area contributed by atoms with Gasteiger partial charge >= 0.3 is 0 Å². The van der Waals surface area contributed by atoms with Crippen molar-refractivity contribution < 1.29 is 13.9 Å². The molecule has 146 valence electrons. The van der Waals surface area contributed by atoms with E-state index in [-0.39, 0.29) is 18.1 Å². The fourth-order valence-corrected chi connectivity index (χ4v) is 3.85. The topological polar surface area (TPSA) is 33.7 Å². The van der Waals surface area contributed by atoms with Crippen LogP contribution in [0.15, 0.2) is 78.9 Å². The molecule has 0 unspecified atom stereocenters. The molecule has 3 aromatic carbocycles. The van der Waals surface area contributed by atoms with E-state index in [4.69, 9.17) is 9.47 Å². The van der Waals surface area contributed by atoms with E-state index in [0.717, 1.165) is 33.9 Å². The maximum atomic E-state index is 13.4. The van der Waals surface area contributed by atoms with Crippen LogP contribution in [0.25, 0.3) is 5.70 Å². The zero-order valence-electron chi connectivity index (χ0n) is 16.0. The van der Waals surface area contributed by atoms with Gasteiger partial charge in [-0.3, -0.25) is 0 Å². The normalized spacial score (nSPS) is 20.1. The van der Waals surface area contributed by atoms with Gasteiger partial charge in [0.05, 0.1) is 18.3 Å².